The van der Waals surface area contributed by atoms with E-state index < -0.39 is 11.7 Å². The summed E-state index contributed by atoms with van der Waals surface area (Å²) in [4.78, 5) is 42.3. The highest BCUT2D eigenvalue weighted by molar-refractivity contribution is 6.02. The van der Waals surface area contributed by atoms with E-state index in [9.17, 15) is 14.4 Å². The molecule has 0 unspecified atom stereocenters. The second-order valence-electron chi connectivity index (χ2n) is 9.23. The topological polar surface area (TPSA) is 81.8 Å². The van der Waals surface area contributed by atoms with Crippen LogP contribution in [0.2, 0.25) is 0 Å². The van der Waals surface area contributed by atoms with E-state index in [0.717, 1.165) is 37.2 Å². The van der Waals surface area contributed by atoms with Gasteiger partial charge in [-0.25, -0.2) is 0 Å². The van der Waals surface area contributed by atoms with Gasteiger partial charge in [0.1, 0.15) is 11.7 Å². The molecule has 1 spiro atoms. The summed E-state index contributed by atoms with van der Waals surface area (Å²) in [7, 11) is 0. The zero-order chi connectivity index (χ0) is 21.5. The van der Waals surface area contributed by atoms with Crippen molar-refractivity contribution in [2.75, 3.05) is 25.0 Å². The van der Waals surface area contributed by atoms with E-state index in [1.165, 1.54) is 0 Å². The van der Waals surface area contributed by atoms with Gasteiger partial charge in [0.15, 0.2) is 0 Å². The van der Waals surface area contributed by atoms with Crippen LogP contribution in [-0.4, -0.2) is 58.9 Å². The number of rotatable bonds is 2. The minimum Gasteiger partial charge on any atom is -0.362 e. The molecule has 2 atom stereocenters. The van der Waals surface area contributed by atoms with Crippen molar-refractivity contribution in [1.29, 1.82) is 0 Å². The normalized spacial score (nSPS) is 26.0. The smallest absolute Gasteiger partial charge is 0.255 e. The van der Waals surface area contributed by atoms with Gasteiger partial charge >= 0.3 is 0 Å². The number of fused-ring (bicyclic) bond motifs is 1. The minimum atomic E-state index is -0.661. The van der Waals surface area contributed by atoms with Crippen LogP contribution in [-0.2, 0) is 9.59 Å². The van der Waals surface area contributed by atoms with Crippen LogP contribution in [0.5, 0.6) is 0 Å². The molecule has 7 nitrogen and oxygen atoms in total. The van der Waals surface area contributed by atoms with Gasteiger partial charge < -0.3 is 20.4 Å². The molecule has 3 aliphatic heterocycles. The average Bonchev–Trinajstić information content (AvgIpc) is 2.86. The molecule has 0 aliphatic carbocycles. The van der Waals surface area contributed by atoms with Crippen LogP contribution in [0.1, 0.15) is 61.9 Å². The molecule has 0 bridgehead atoms. The number of aryl methyl sites for hydroxylation is 1. The number of carbonyl (C=O) groups is 3. The molecule has 7 heteroatoms. The predicted molar refractivity (Wildman–Crippen MR) is 115 cm³/mol. The first-order valence-electron chi connectivity index (χ1n) is 11.1. The van der Waals surface area contributed by atoms with E-state index in [1.807, 2.05) is 36.9 Å². The summed E-state index contributed by atoms with van der Waals surface area (Å²) in [6, 6.07) is 5.25. The Morgan fingerprint density at radius 2 is 1.87 bits per heavy atom. The Hall–Kier alpha value is -2.57. The van der Waals surface area contributed by atoms with Crippen molar-refractivity contribution in [3.8, 4) is 0 Å². The van der Waals surface area contributed by atoms with E-state index in [0.29, 0.717) is 37.3 Å². The maximum Gasteiger partial charge on any atom is 0.255 e. The maximum atomic E-state index is 13.0. The molecular weight excluding hydrogens is 380 g/mol. The van der Waals surface area contributed by atoms with Gasteiger partial charge in [-0.1, -0.05) is 13.0 Å². The van der Waals surface area contributed by atoms with E-state index in [4.69, 9.17) is 0 Å². The summed E-state index contributed by atoms with van der Waals surface area (Å²) in [5, 5.41) is 6.60. The third-order valence-corrected chi connectivity index (χ3v) is 6.93. The van der Waals surface area contributed by atoms with Gasteiger partial charge in [0, 0.05) is 38.2 Å². The van der Waals surface area contributed by atoms with Crippen LogP contribution in [0.25, 0.3) is 0 Å². The Labute approximate surface area is 178 Å². The maximum absolute atomic E-state index is 13.0. The van der Waals surface area contributed by atoms with Crippen LogP contribution < -0.4 is 10.6 Å². The zero-order valence-corrected chi connectivity index (χ0v) is 18.2. The number of carbonyl (C=O) groups excluding carboxylic acids is 3. The molecule has 30 heavy (non-hydrogen) atoms. The first kappa shape index (κ1) is 20.7. The fourth-order valence-corrected chi connectivity index (χ4v) is 4.84. The van der Waals surface area contributed by atoms with E-state index >= 15 is 0 Å². The van der Waals surface area contributed by atoms with Crippen LogP contribution in [0, 0.1) is 12.8 Å². The van der Waals surface area contributed by atoms with Gasteiger partial charge in [-0.05, 0) is 56.7 Å². The van der Waals surface area contributed by atoms with Gasteiger partial charge in [-0.15, -0.1) is 0 Å². The first-order valence-corrected chi connectivity index (χ1v) is 11.1. The standard InChI is InChI=1S/C23H32N4O3/c1-15-7-11-26(12-8-15)22(30)17(3)27-13-10-23(9-6-20(27)28)24-19-14-16(2)4-5-18(19)21(29)25-23/h4-5,14-15,17,24H,6-13H2,1-3H3,(H,25,29)/t17-,23+/m1/s1. The van der Waals surface area contributed by atoms with Gasteiger partial charge in [-0.2, -0.15) is 0 Å². The number of hydrogen-bond acceptors (Lipinski definition) is 4. The molecular formula is C23H32N4O3. The van der Waals surface area contributed by atoms with Gasteiger partial charge in [0.05, 0.1) is 5.56 Å². The molecule has 3 amide bonds. The number of likely N-dealkylation sites (tertiary alicyclic amines) is 2. The van der Waals surface area contributed by atoms with Crippen molar-refractivity contribution in [1.82, 2.24) is 15.1 Å². The molecule has 2 saturated heterocycles. The molecule has 3 heterocycles. The van der Waals surface area contributed by atoms with E-state index in [2.05, 4.69) is 17.6 Å². The van der Waals surface area contributed by atoms with Crippen molar-refractivity contribution >= 4 is 23.4 Å². The third kappa shape index (κ3) is 3.89. The van der Waals surface area contributed by atoms with E-state index in [-0.39, 0.29) is 17.7 Å². The van der Waals surface area contributed by atoms with Crippen molar-refractivity contribution in [2.45, 2.75) is 64.6 Å². The highest BCUT2D eigenvalue weighted by Crippen LogP contribution is 2.33. The molecule has 2 fully saturated rings. The molecule has 0 saturated carbocycles. The minimum absolute atomic E-state index is 0.0239. The average molecular weight is 413 g/mol. The Morgan fingerprint density at radius 1 is 1.13 bits per heavy atom. The molecule has 2 N–H and O–H groups in total. The highest BCUT2D eigenvalue weighted by Gasteiger charge is 2.42. The molecule has 0 aromatic heterocycles. The Balaban J connectivity index is 1.48. The molecule has 3 aliphatic rings. The summed E-state index contributed by atoms with van der Waals surface area (Å²) in [5.41, 5.74) is 1.85. The molecule has 162 valence electrons. The number of piperidine rings is 1. The van der Waals surface area contributed by atoms with Crippen molar-refractivity contribution in [3.05, 3.63) is 29.3 Å². The number of hydrogen-bond donors (Lipinski definition) is 2. The van der Waals surface area contributed by atoms with Crippen molar-refractivity contribution in [2.24, 2.45) is 5.92 Å². The van der Waals surface area contributed by atoms with Gasteiger partial charge in [0.25, 0.3) is 5.91 Å². The monoisotopic (exact) mass is 412 g/mol. The number of amides is 3. The lowest BCUT2D eigenvalue weighted by Crippen LogP contribution is -2.58. The number of anilines is 1. The number of nitrogens with one attached hydrogen (secondary N) is 2. The second kappa shape index (κ2) is 7.93. The number of benzene rings is 1. The fraction of sp³-hybridized carbons (Fsp3) is 0.609. The lowest BCUT2D eigenvalue weighted by molar-refractivity contribution is -0.145. The van der Waals surface area contributed by atoms with Crippen LogP contribution in [0.4, 0.5) is 5.69 Å². The summed E-state index contributed by atoms with van der Waals surface area (Å²) in [6.45, 7) is 8.02. The lowest BCUT2D eigenvalue weighted by Gasteiger charge is -2.40. The van der Waals surface area contributed by atoms with E-state index in [1.54, 1.807) is 4.90 Å². The fourth-order valence-electron chi connectivity index (χ4n) is 4.84. The van der Waals surface area contributed by atoms with Crippen LogP contribution >= 0.6 is 0 Å². The Bertz CT molecular complexity index is 862. The number of nitrogens with zero attached hydrogens (tertiary/aromatic N) is 2. The molecule has 0 radical (unpaired) electrons. The highest BCUT2D eigenvalue weighted by atomic mass is 16.2. The van der Waals surface area contributed by atoms with Gasteiger partial charge in [-0.3, -0.25) is 14.4 Å². The van der Waals surface area contributed by atoms with Crippen molar-refractivity contribution in [3.63, 3.8) is 0 Å². The zero-order valence-electron chi connectivity index (χ0n) is 18.2. The third-order valence-electron chi connectivity index (χ3n) is 6.93. The SMILES string of the molecule is Cc1ccc2c(c1)N[C@@]1(CCC(=O)N([C@H](C)C(=O)N3CCC(C)CC3)CC1)NC2=O. The molecule has 1 aromatic rings. The summed E-state index contributed by atoms with van der Waals surface area (Å²) in [5.74, 6) is 0.546. The summed E-state index contributed by atoms with van der Waals surface area (Å²) in [6.07, 6.45) is 3.40. The predicted octanol–water partition coefficient (Wildman–Crippen LogP) is 2.51. The summed E-state index contributed by atoms with van der Waals surface area (Å²) < 4.78 is 0. The molecule has 4 rings (SSSR count). The van der Waals surface area contributed by atoms with Crippen LogP contribution in [0.15, 0.2) is 18.2 Å². The Kier molecular flexibility index (Phi) is 5.47. The Morgan fingerprint density at radius 3 is 2.60 bits per heavy atom. The second-order valence-corrected chi connectivity index (χ2v) is 9.23. The van der Waals surface area contributed by atoms with Crippen LogP contribution in [0.3, 0.4) is 0 Å². The molecule has 1 aromatic carbocycles. The first-order chi connectivity index (χ1) is 14.3. The van der Waals surface area contributed by atoms with Gasteiger partial charge in [0.2, 0.25) is 11.8 Å². The summed E-state index contributed by atoms with van der Waals surface area (Å²) >= 11 is 0. The lowest BCUT2D eigenvalue weighted by atomic mass is 9.94. The van der Waals surface area contributed by atoms with Crippen molar-refractivity contribution < 1.29 is 14.4 Å². The quantitative estimate of drug-likeness (QED) is 0.782. The largest absolute Gasteiger partial charge is 0.362 e.